The number of anilines is 4. The standard InChI is InChI=1S/C24H23N5O4S2/c1-17-5-3-7-19(13-17)27-21-9-11-25-15-23(21)34(30,31)29-35(32,33)24-16-26-12-10-22(24)28-20-8-4-6-18(2)14-20/h3-16,29H,1-2H3,(H,25,27)(H,26,28). The summed E-state index contributed by atoms with van der Waals surface area (Å²) in [4.78, 5) is 7.12. The molecule has 0 bridgehead atoms. The Labute approximate surface area is 204 Å². The van der Waals surface area contributed by atoms with Gasteiger partial charge in [0.05, 0.1) is 11.4 Å². The minimum atomic E-state index is -4.54. The Balaban J connectivity index is 1.66. The predicted octanol–water partition coefficient (Wildman–Crippen LogP) is 4.25. The van der Waals surface area contributed by atoms with Crippen LogP contribution in [-0.4, -0.2) is 26.8 Å². The smallest absolute Gasteiger partial charge is 0.257 e. The molecule has 0 saturated heterocycles. The second-order valence-corrected chi connectivity index (χ2v) is 11.4. The average molecular weight is 510 g/mol. The van der Waals surface area contributed by atoms with E-state index in [1.807, 2.05) is 54.4 Å². The van der Waals surface area contributed by atoms with Crippen LogP contribution in [0, 0.1) is 13.8 Å². The van der Waals surface area contributed by atoms with Gasteiger partial charge in [0.25, 0.3) is 20.0 Å². The van der Waals surface area contributed by atoms with Crippen molar-refractivity contribution in [2.45, 2.75) is 23.6 Å². The van der Waals surface area contributed by atoms with Crippen molar-refractivity contribution in [3.63, 3.8) is 0 Å². The Hall–Kier alpha value is -3.80. The number of sulfonamides is 2. The van der Waals surface area contributed by atoms with Gasteiger partial charge in [0.15, 0.2) is 0 Å². The molecule has 180 valence electrons. The van der Waals surface area contributed by atoms with Crippen molar-refractivity contribution in [3.8, 4) is 0 Å². The summed E-state index contributed by atoms with van der Waals surface area (Å²) < 4.78 is 54.6. The largest absolute Gasteiger partial charge is 0.354 e. The molecule has 0 aliphatic carbocycles. The Bertz CT molecular complexity index is 1470. The first kappa shape index (κ1) is 24.3. The zero-order chi connectivity index (χ0) is 25.1. The SMILES string of the molecule is Cc1cccc(Nc2ccncc2S(=O)(=O)NS(=O)(=O)c2cnccc2Nc2cccc(C)c2)c1. The van der Waals surface area contributed by atoms with E-state index in [2.05, 4.69) is 20.6 Å². The quantitative estimate of drug-likeness (QED) is 0.321. The minimum absolute atomic E-state index is 0.178. The molecule has 4 rings (SSSR count). The first-order valence-electron chi connectivity index (χ1n) is 10.5. The van der Waals surface area contributed by atoms with E-state index in [4.69, 9.17) is 0 Å². The van der Waals surface area contributed by atoms with Gasteiger partial charge >= 0.3 is 0 Å². The van der Waals surface area contributed by atoms with Crippen LogP contribution in [0.1, 0.15) is 11.1 Å². The lowest BCUT2D eigenvalue weighted by atomic mass is 10.2. The summed E-state index contributed by atoms with van der Waals surface area (Å²) in [6.07, 6.45) is 5.00. The van der Waals surface area contributed by atoms with Gasteiger partial charge in [-0.3, -0.25) is 9.97 Å². The van der Waals surface area contributed by atoms with Crippen LogP contribution >= 0.6 is 0 Å². The number of nitrogens with zero attached hydrogens (tertiary/aromatic N) is 2. The molecule has 2 aromatic heterocycles. The summed E-state index contributed by atoms with van der Waals surface area (Å²) in [6, 6.07) is 17.6. The Kier molecular flexibility index (Phi) is 6.83. The molecule has 4 aromatic rings. The van der Waals surface area contributed by atoms with E-state index in [-0.39, 0.29) is 21.2 Å². The number of hydrogen-bond acceptors (Lipinski definition) is 8. The third-order valence-corrected chi connectivity index (χ3v) is 8.53. The van der Waals surface area contributed by atoms with Crippen molar-refractivity contribution in [2.75, 3.05) is 10.6 Å². The van der Waals surface area contributed by atoms with Crippen LogP contribution in [0.4, 0.5) is 22.7 Å². The van der Waals surface area contributed by atoms with Crippen molar-refractivity contribution in [1.82, 2.24) is 14.1 Å². The van der Waals surface area contributed by atoms with E-state index < -0.39 is 20.0 Å². The number of pyridine rings is 2. The lowest BCUT2D eigenvalue weighted by molar-refractivity contribution is 0.577. The van der Waals surface area contributed by atoms with Crippen molar-refractivity contribution < 1.29 is 16.8 Å². The van der Waals surface area contributed by atoms with Crippen LogP contribution < -0.4 is 14.8 Å². The molecule has 0 amide bonds. The summed E-state index contributed by atoms with van der Waals surface area (Å²) in [5, 5.41) is 6.03. The van der Waals surface area contributed by atoms with E-state index in [1.54, 1.807) is 12.1 Å². The van der Waals surface area contributed by atoms with Crippen molar-refractivity contribution in [2.24, 2.45) is 0 Å². The highest BCUT2D eigenvalue weighted by atomic mass is 32.3. The number of aromatic nitrogens is 2. The van der Waals surface area contributed by atoms with Crippen LogP contribution in [0.15, 0.2) is 95.2 Å². The second kappa shape index (κ2) is 9.82. The van der Waals surface area contributed by atoms with Gasteiger partial charge in [0.2, 0.25) is 0 Å². The number of rotatable bonds is 8. The maximum Gasteiger partial charge on any atom is 0.257 e. The normalized spacial score (nSPS) is 11.7. The number of benzene rings is 2. The molecular formula is C24H23N5O4S2. The Morgan fingerprint density at radius 1 is 0.629 bits per heavy atom. The van der Waals surface area contributed by atoms with E-state index >= 15 is 0 Å². The van der Waals surface area contributed by atoms with E-state index in [0.29, 0.717) is 11.4 Å². The molecule has 2 heterocycles. The topological polar surface area (TPSA) is 130 Å². The minimum Gasteiger partial charge on any atom is -0.354 e. The second-order valence-electron chi connectivity index (χ2n) is 7.82. The highest BCUT2D eigenvalue weighted by molar-refractivity contribution is 8.04. The predicted molar refractivity (Wildman–Crippen MR) is 135 cm³/mol. The highest BCUT2D eigenvalue weighted by Crippen LogP contribution is 2.28. The van der Waals surface area contributed by atoms with Crippen LogP contribution in [0.3, 0.4) is 0 Å². The van der Waals surface area contributed by atoms with Crippen molar-refractivity contribution in [1.29, 1.82) is 0 Å². The van der Waals surface area contributed by atoms with Crippen molar-refractivity contribution >= 4 is 42.8 Å². The molecule has 0 fully saturated rings. The summed E-state index contributed by atoms with van der Waals surface area (Å²) >= 11 is 0. The van der Waals surface area contributed by atoms with E-state index in [9.17, 15) is 16.8 Å². The van der Waals surface area contributed by atoms with Crippen LogP contribution in [0.5, 0.6) is 0 Å². The molecule has 0 unspecified atom stereocenters. The van der Waals surface area contributed by atoms with Gasteiger partial charge in [0, 0.05) is 36.2 Å². The fourth-order valence-corrected chi connectivity index (χ4v) is 6.48. The molecule has 0 aliphatic heterocycles. The fourth-order valence-electron chi connectivity index (χ4n) is 3.39. The zero-order valence-electron chi connectivity index (χ0n) is 18.9. The first-order valence-corrected chi connectivity index (χ1v) is 13.4. The van der Waals surface area contributed by atoms with Gasteiger partial charge in [-0.25, -0.2) is 16.8 Å². The number of hydrogen-bond donors (Lipinski definition) is 3. The fraction of sp³-hybridized carbons (Fsp3) is 0.0833. The monoisotopic (exact) mass is 509 g/mol. The van der Waals surface area contributed by atoms with Crippen LogP contribution in [-0.2, 0) is 20.0 Å². The Morgan fingerprint density at radius 3 is 1.46 bits per heavy atom. The summed E-state index contributed by atoms with van der Waals surface area (Å²) in [6.45, 7) is 3.81. The molecule has 9 nitrogen and oxygen atoms in total. The third-order valence-electron chi connectivity index (χ3n) is 4.96. The van der Waals surface area contributed by atoms with Crippen LogP contribution in [0.2, 0.25) is 0 Å². The van der Waals surface area contributed by atoms with E-state index in [0.717, 1.165) is 23.5 Å². The van der Waals surface area contributed by atoms with Gasteiger partial charge in [-0.05, 0) is 61.4 Å². The maximum atomic E-state index is 13.2. The molecule has 0 atom stereocenters. The molecule has 0 aliphatic rings. The molecule has 0 saturated carbocycles. The average Bonchev–Trinajstić information content (AvgIpc) is 2.79. The zero-order valence-corrected chi connectivity index (χ0v) is 20.6. The van der Waals surface area contributed by atoms with Gasteiger partial charge in [-0.1, -0.05) is 24.3 Å². The first-order chi connectivity index (χ1) is 16.6. The molecule has 3 N–H and O–H groups in total. The maximum absolute atomic E-state index is 13.2. The molecule has 0 radical (unpaired) electrons. The molecule has 0 spiro atoms. The van der Waals surface area contributed by atoms with Gasteiger partial charge < -0.3 is 10.6 Å². The lowest BCUT2D eigenvalue weighted by Crippen LogP contribution is -2.31. The van der Waals surface area contributed by atoms with Crippen molar-refractivity contribution in [3.05, 3.63) is 96.6 Å². The molecule has 11 heteroatoms. The highest BCUT2D eigenvalue weighted by Gasteiger charge is 2.29. The lowest BCUT2D eigenvalue weighted by Gasteiger charge is -2.15. The third kappa shape index (κ3) is 5.83. The van der Waals surface area contributed by atoms with Gasteiger partial charge in [-0.15, -0.1) is 4.13 Å². The summed E-state index contributed by atoms with van der Waals surface area (Å²) in [7, 11) is -9.08. The number of aryl methyl sites for hydroxylation is 2. The van der Waals surface area contributed by atoms with Crippen LogP contribution in [0.25, 0.3) is 0 Å². The summed E-state index contributed by atoms with van der Waals surface area (Å²) in [5.74, 6) is 0. The van der Waals surface area contributed by atoms with E-state index in [1.165, 1.54) is 24.5 Å². The Morgan fingerprint density at radius 2 is 1.06 bits per heavy atom. The molecule has 35 heavy (non-hydrogen) atoms. The summed E-state index contributed by atoms with van der Waals surface area (Å²) in [5.41, 5.74) is 3.59. The van der Waals surface area contributed by atoms with Gasteiger partial charge in [-0.2, -0.15) is 0 Å². The molecular weight excluding hydrogens is 486 g/mol. The van der Waals surface area contributed by atoms with Gasteiger partial charge in [0.1, 0.15) is 9.79 Å². The molecule has 2 aromatic carbocycles. The number of nitrogens with one attached hydrogen (secondary N) is 3.